The molecule has 0 N–H and O–H groups in total. The first-order chi connectivity index (χ1) is 11.8. The third-order valence-corrected chi connectivity index (χ3v) is 4.45. The van der Waals surface area contributed by atoms with Gasteiger partial charge >= 0.3 is 5.97 Å². The standard InChI is InChI=1S/C22H36O2/c1-3-5-6-7-8-9-10-11-12-14-22(23)24-19-21-17-15-20(13-4-2)16-18-21/h15-18H,3-14,19H2,1-2H3. The van der Waals surface area contributed by atoms with Gasteiger partial charge in [-0.3, -0.25) is 4.79 Å². The highest BCUT2D eigenvalue weighted by atomic mass is 16.5. The molecule has 1 aromatic carbocycles. The van der Waals surface area contributed by atoms with Crippen molar-refractivity contribution in [3.05, 3.63) is 35.4 Å². The highest BCUT2D eigenvalue weighted by molar-refractivity contribution is 5.69. The van der Waals surface area contributed by atoms with Gasteiger partial charge in [-0.05, 0) is 24.0 Å². The maximum Gasteiger partial charge on any atom is 0.306 e. The Labute approximate surface area is 149 Å². The van der Waals surface area contributed by atoms with Crippen molar-refractivity contribution in [2.24, 2.45) is 0 Å². The first-order valence-corrected chi connectivity index (χ1v) is 9.99. The molecule has 0 fully saturated rings. The molecule has 24 heavy (non-hydrogen) atoms. The van der Waals surface area contributed by atoms with E-state index < -0.39 is 0 Å². The monoisotopic (exact) mass is 332 g/mol. The quantitative estimate of drug-likeness (QED) is 0.283. The van der Waals surface area contributed by atoms with Crippen molar-refractivity contribution in [3.8, 4) is 0 Å². The van der Waals surface area contributed by atoms with Gasteiger partial charge in [-0.15, -0.1) is 0 Å². The zero-order valence-corrected chi connectivity index (χ0v) is 15.8. The molecule has 0 atom stereocenters. The molecule has 0 bridgehead atoms. The molecule has 0 saturated heterocycles. The fourth-order valence-corrected chi connectivity index (χ4v) is 2.91. The highest BCUT2D eigenvalue weighted by Gasteiger charge is 2.03. The molecule has 0 heterocycles. The van der Waals surface area contributed by atoms with E-state index in [9.17, 15) is 4.79 Å². The summed E-state index contributed by atoms with van der Waals surface area (Å²) in [5.41, 5.74) is 2.43. The molecule has 2 nitrogen and oxygen atoms in total. The van der Waals surface area contributed by atoms with Crippen molar-refractivity contribution in [2.45, 2.75) is 97.5 Å². The van der Waals surface area contributed by atoms with E-state index in [0.717, 1.165) is 31.2 Å². The SMILES string of the molecule is CCCCCCCCCCCC(=O)OCc1ccc(CCC)cc1. The molecule has 0 radical (unpaired) electrons. The lowest BCUT2D eigenvalue weighted by Gasteiger charge is -2.06. The number of esters is 1. The van der Waals surface area contributed by atoms with Crippen LogP contribution in [-0.4, -0.2) is 5.97 Å². The molecule has 0 amide bonds. The predicted molar refractivity (Wildman–Crippen MR) is 102 cm³/mol. The Morgan fingerprint density at radius 1 is 0.750 bits per heavy atom. The van der Waals surface area contributed by atoms with Crippen molar-refractivity contribution in [2.75, 3.05) is 0 Å². The number of carbonyl (C=O) groups is 1. The molecule has 1 aromatic rings. The summed E-state index contributed by atoms with van der Waals surface area (Å²) in [6, 6.07) is 8.40. The average Bonchev–Trinajstić information content (AvgIpc) is 2.60. The lowest BCUT2D eigenvalue weighted by Crippen LogP contribution is -2.04. The Morgan fingerprint density at radius 3 is 1.88 bits per heavy atom. The van der Waals surface area contributed by atoms with E-state index >= 15 is 0 Å². The molecular weight excluding hydrogens is 296 g/mol. The molecule has 0 unspecified atom stereocenters. The molecular formula is C22H36O2. The Balaban J connectivity index is 2.00. The Morgan fingerprint density at radius 2 is 1.29 bits per heavy atom. The van der Waals surface area contributed by atoms with Crippen LogP contribution in [0, 0.1) is 0 Å². The summed E-state index contributed by atoms with van der Waals surface area (Å²) in [5.74, 6) is -0.0596. The van der Waals surface area contributed by atoms with Crippen molar-refractivity contribution >= 4 is 5.97 Å². The van der Waals surface area contributed by atoms with Gasteiger partial charge in [-0.25, -0.2) is 0 Å². The van der Waals surface area contributed by atoms with E-state index in [1.807, 2.05) is 0 Å². The van der Waals surface area contributed by atoms with E-state index in [4.69, 9.17) is 4.74 Å². The van der Waals surface area contributed by atoms with Crippen LogP contribution in [0.2, 0.25) is 0 Å². The van der Waals surface area contributed by atoms with Gasteiger partial charge in [0.2, 0.25) is 0 Å². The Bertz CT molecular complexity index is 422. The van der Waals surface area contributed by atoms with Crippen molar-refractivity contribution in [1.29, 1.82) is 0 Å². The van der Waals surface area contributed by atoms with Gasteiger partial charge in [-0.1, -0.05) is 95.9 Å². The molecule has 0 aliphatic rings. The normalized spacial score (nSPS) is 10.8. The number of hydrogen-bond acceptors (Lipinski definition) is 2. The number of ether oxygens (including phenoxy) is 1. The van der Waals surface area contributed by atoms with Crippen molar-refractivity contribution < 1.29 is 9.53 Å². The van der Waals surface area contributed by atoms with E-state index in [-0.39, 0.29) is 5.97 Å². The van der Waals surface area contributed by atoms with Crippen LogP contribution in [-0.2, 0) is 22.6 Å². The van der Waals surface area contributed by atoms with Crippen LogP contribution in [0.5, 0.6) is 0 Å². The summed E-state index contributed by atoms with van der Waals surface area (Å²) in [5, 5.41) is 0. The zero-order valence-electron chi connectivity index (χ0n) is 15.8. The zero-order chi connectivity index (χ0) is 17.5. The second-order valence-corrected chi connectivity index (χ2v) is 6.81. The van der Waals surface area contributed by atoms with Gasteiger partial charge in [-0.2, -0.15) is 0 Å². The topological polar surface area (TPSA) is 26.3 Å². The molecule has 0 aromatic heterocycles. The van der Waals surface area contributed by atoms with Gasteiger partial charge in [0.15, 0.2) is 0 Å². The van der Waals surface area contributed by atoms with Crippen LogP contribution < -0.4 is 0 Å². The van der Waals surface area contributed by atoms with Gasteiger partial charge in [0, 0.05) is 6.42 Å². The van der Waals surface area contributed by atoms with Crippen LogP contribution in [0.3, 0.4) is 0 Å². The summed E-state index contributed by atoms with van der Waals surface area (Å²) >= 11 is 0. The van der Waals surface area contributed by atoms with E-state index in [1.165, 1.54) is 50.5 Å². The van der Waals surface area contributed by atoms with Crippen molar-refractivity contribution in [1.82, 2.24) is 0 Å². The van der Waals surface area contributed by atoms with Gasteiger partial charge in [0.1, 0.15) is 6.61 Å². The molecule has 0 aliphatic carbocycles. The number of hydrogen-bond donors (Lipinski definition) is 0. The van der Waals surface area contributed by atoms with E-state index in [1.54, 1.807) is 0 Å². The maximum absolute atomic E-state index is 11.8. The predicted octanol–water partition coefficient (Wildman–Crippen LogP) is 6.60. The molecule has 0 spiro atoms. The van der Waals surface area contributed by atoms with Gasteiger partial charge in [0.25, 0.3) is 0 Å². The fraction of sp³-hybridized carbons (Fsp3) is 0.682. The summed E-state index contributed by atoms with van der Waals surface area (Å²) in [7, 11) is 0. The number of benzene rings is 1. The lowest BCUT2D eigenvalue weighted by molar-refractivity contribution is -0.145. The number of rotatable bonds is 14. The summed E-state index contributed by atoms with van der Waals surface area (Å²) in [4.78, 5) is 11.8. The minimum Gasteiger partial charge on any atom is -0.461 e. The largest absolute Gasteiger partial charge is 0.461 e. The average molecular weight is 333 g/mol. The summed E-state index contributed by atoms with van der Waals surface area (Å²) in [6.07, 6.45) is 14.3. The van der Waals surface area contributed by atoms with Gasteiger partial charge < -0.3 is 4.74 Å². The van der Waals surface area contributed by atoms with E-state index in [2.05, 4.69) is 38.1 Å². The first-order valence-electron chi connectivity index (χ1n) is 9.99. The summed E-state index contributed by atoms with van der Waals surface area (Å²) in [6.45, 7) is 4.84. The Kier molecular flexibility index (Phi) is 12.2. The minimum absolute atomic E-state index is 0.0596. The van der Waals surface area contributed by atoms with Gasteiger partial charge in [0.05, 0.1) is 0 Å². The second-order valence-electron chi connectivity index (χ2n) is 6.81. The van der Waals surface area contributed by atoms with Crippen LogP contribution in [0.15, 0.2) is 24.3 Å². The maximum atomic E-state index is 11.8. The lowest BCUT2D eigenvalue weighted by atomic mass is 10.1. The van der Waals surface area contributed by atoms with Crippen LogP contribution >= 0.6 is 0 Å². The van der Waals surface area contributed by atoms with Crippen LogP contribution in [0.1, 0.15) is 95.6 Å². The molecule has 2 heteroatoms. The molecule has 0 aliphatic heterocycles. The van der Waals surface area contributed by atoms with Crippen LogP contribution in [0.4, 0.5) is 0 Å². The van der Waals surface area contributed by atoms with Crippen LogP contribution in [0.25, 0.3) is 0 Å². The number of carbonyl (C=O) groups excluding carboxylic acids is 1. The smallest absolute Gasteiger partial charge is 0.306 e. The third-order valence-electron chi connectivity index (χ3n) is 4.45. The molecule has 1 rings (SSSR count). The summed E-state index contributed by atoms with van der Waals surface area (Å²) < 4.78 is 5.36. The number of unbranched alkanes of at least 4 members (excludes halogenated alkanes) is 8. The number of aryl methyl sites for hydroxylation is 1. The minimum atomic E-state index is -0.0596. The second kappa shape index (κ2) is 14.1. The third kappa shape index (κ3) is 10.5. The Hall–Kier alpha value is -1.31. The molecule has 0 saturated carbocycles. The fourth-order valence-electron chi connectivity index (χ4n) is 2.91. The molecule has 136 valence electrons. The highest BCUT2D eigenvalue weighted by Crippen LogP contribution is 2.12. The van der Waals surface area contributed by atoms with Crippen molar-refractivity contribution in [3.63, 3.8) is 0 Å². The van der Waals surface area contributed by atoms with E-state index in [0.29, 0.717) is 13.0 Å². The first kappa shape index (κ1) is 20.7.